The maximum atomic E-state index is 14.6. The molecule has 0 bridgehead atoms. The molecule has 13 heteroatoms. The van der Waals surface area contributed by atoms with Gasteiger partial charge in [-0.05, 0) is 43.2 Å². The lowest BCUT2D eigenvalue weighted by molar-refractivity contribution is -0.147. The zero-order chi connectivity index (χ0) is 25.5. The standard InChI is InChI=1S/C22H17F4N5O2S2/c1-3-13-8-19-15(9-17(13)23)16(10-27)20(31(19)21-28-6-7-34-21)18-5-4-14(11-29-18)35(32,33)30-12(2)22(24,25)26/h4-9,11-12,30H,3H2,1-2H3. The second kappa shape index (κ2) is 9.03. The number of nitriles is 1. The highest BCUT2D eigenvalue weighted by molar-refractivity contribution is 7.89. The highest BCUT2D eigenvalue weighted by atomic mass is 32.2. The molecule has 0 aliphatic rings. The molecule has 1 unspecified atom stereocenters. The van der Waals surface area contributed by atoms with E-state index in [-0.39, 0.29) is 17.0 Å². The highest BCUT2D eigenvalue weighted by Crippen LogP contribution is 2.37. The summed E-state index contributed by atoms with van der Waals surface area (Å²) in [5.74, 6) is -0.474. The van der Waals surface area contributed by atoms with Gasteiger partial charge in [0, 0.05) is 23.2 Å². The SMILES string of the molecule is CCc1cc2c(cc1F)c(C#N)c(-c1ccc(S(=O)(=O)NC(C)C(F)(F)F)cn1)n2-c1nccs1. The molecule has 3 heterocycles. The Morgan fingerprint density at radius 3 is 2.54 bits per heavy atom. The van der Waals surface area contributed by atoms with E-state index in [1.165, 1.54) is 23.5 Å². The van der Waals surface area contributed by atoms with E-state index in [2.05, 4.69) is 16.0 Å². The summed E-state index contributed by atoms with van der Waals surface area (Å²) in [7, 11) is -4.51. The molecule has 0 spiro atoms. The van der Waals surface area contributed by atoms with Crippen molar-refractivity contribution < 1.29 is 26.0 Å². The maximum absolute atomic E-state index is 14.6. The average Bonchev–Trinajstić information content (AvgIpc) is 3.43. The predicted molar refractivity (Wildman–Crippen MR) is 122 cm³/mol. The van der Waals surface area contributed by atoms with E-state index in [1.807, 2.05) is 0 Å². The van der Waals surface area contributed by atoms with Gasteiger partial charge in [-0.25, -0.2) is 17.8 Å². The molecule has 4 aromatic rings. The van der Waals surface area contributed by atoms with E-state index in [9.17, 15) is 31.2 Å². The molecule has 1 atom stereocenters. The summed E-state index contributed by atoms with van der Waals surface area (Å²) >= 11 is 1.27. The third kappa shape index (κ3) is 4.52. The molecule has 1 N–H and O–H groups in total. The molecule has 0 amide bonds. The van der Waals surface area contributed by atoms with Crippen molar-refractivity contribution in [2.75, 3.05) is 0 Å². The monoisotopic (exact) mass is 523 g/mol. The van der Waals surface area contributed by atoms with Crippen molar-refractivity contribution in [1.82, 2.24) is 19.3 Å². The number of rotatable bonds is 6. The molecular formula is C22H17F4N5O2S2. The molecule has 0 fully saturated rings. The second-order valence-corrected chi connectivity index (χ2v) is 10.2. The van der Waals surface area contributed by atoms with Crippen molar-refractivity contribution in [1.29, 1.82) is 5.26 Å². The van der Waals surface area contributed by atoms with E-state index in [4.69, 9.17) is 0 Å². The third-order valence-electron chi connectivity index (χ3n) is 5.35. The second-order valence-electron chi connectivity index (χ2n) is 7.56. The van der Waals surface area contributed by atoms with E-state index in [0.717, 1.165) is 12.3 Å². The number of aromatic nitrogens is 3. The van der Waals surface area contributed by atoms with Gasteiger partial charge in [0.2, 0.25) is 10.0 Å². The van der Waals surface area contributed by atoms with Crippen molar-refractivity contribution in [2.24, 2.45) is 0 Å². The lowest BCUT2D eigenvalue weighted by Crippen LogP contribution is -2.42. The van der Waals surface area contributed by atoms with Gasteiger partial charge in [-0.3, -0.25) is 9.55 Å². The Morgan fingerprint density at radius 2 is 2.00 bits per heavy atom. The molecule has 3 aromatic heterocycles. The van der Waals surface area contributed by atoms with Crippen LogP contribution in [0.5, 0.6) is 0 Å². The first kappa shape index (κ1) is 24.8. The van der Waals surface area contributed by atoms with Gasteiger partial charge >= 0.3 is 6.18 Å². The van der Waals surface area contributed by atoms with Gasteiger partial charge in [0.05, 0.1) is 22.5 Å². The number of hydrogen-bond acceptors (Lipinski definition) is 6. The Morgan fingerprint density at radius 1 is 1.26 bits per heavy atom. The number of fused-ring (bicyclic) bond motifs is 1. The van der Waals surface area contributed by atoms with Crippen molar-refractivity contribution in [3.8, 4) is 22.6 Å². The van der Waals surface area contributed by atoms with E-state index < -0.39 is 33.0 Å². The zero-order valence-electron chi connectivity index (χ0n) is 18.3. The third-order valence-corrected chi connectivity index (χ3v) is 7.63. The Hall–Kier alpha value is -3.34. The summed E-state index contributed by atoms with van der Waals surface area (Å²) in [6, 6.07) is 5.03. The first-order chi connectivity index (χ1) is 16.5. The molecule has 7 nitrogen and oxygen atoms in total. The summed E-state index contributed by atoms with van der Waals surface area (Å²) in [4.78, 5) is 7.95. The number of thiazole rings is 1. The largest absolute Gasteiger partial charge is 0.404 e. The minimum Gasteiger partial charge on any atom is -0.282 e. The Kier molecular flexibility index (Phi) is 6.39. The fourth-order valence-corrected chi connectivity index (χ4v) is 5.38. The summed E-state index contributed by atoms with van der Waals surface area (Å²) < 4.78 is 81.1. The summed E-state index contributed by atoms with van der Waals surface area (Å²) in [6.07, 6.45) is -1.88. The number of hydrogen-bond donors (Lipinski definition) is 1. The smallest absolute Gasteiger partial charge is 0.282 e. The minimum absolute atomic E-state index is 0.101. The fourth-order valence-electron chi connectivity index (χ4n) is 3.55. The van der Waals surface area contributed by atoms with Crippen LogP contribution in [0.4, 0.5) is 17.6 Å². The van der Waals surface area contributed by atoms with E-state index in [0.29, 0.717) is 34.9 Å². The summed E-state index contributed by atoms with van der Waals surface area (Å²) in [5, 5.41) is 12.4. The molecule has 0 aliphatic heterocycles. The van der Waals surface area contributed by atoms with Crippen molar-refractivity contribution in [2.45, 2.75) is 37.4 Å². The van der Waals surface area contributed by atoms with Crippen LogP contribution in [0.15, 0.2) is 46.9 Å². The van der Waals surface area contributed by atoms with Gasteiger partial charge in [0.15, 0.2) is 5.13 Å². The van der Waals surface area contributed by atoms with Crippen molar-refractivity contribution in [3.63, 3.8) is 0 Å². The van der Waals surface area contributed by atoms with Gasteiger partial charge < -0.3 is 0 Å². The first-order valence-electron chi connectivity index (χ1n) is 10.2. The number of aryl methyl sites for hydroxylation is 1. The normalized spacial score (nSPS) is 13.2. The Bertz CT molecular complexity index is 1540. The Balaban J connectivity index is 1.89. The molecule has 4 rings (SSSR count). The minimum atomic E-state index is -4.76. The molecule has 0 aliphatic carbocycles. The number of nitrogens with zero attached hydrogens (tertiary/aromatic N) is 4. The Labute approximate surface area is 201 Å². The van der Waals surface area contributed by atoms with E-state index in [1.54, 1.807) is 33.9 Å². The molecular weight excluding hydrogens is 506 g/mol. The number of halogens is 4. The number of nitrogens with one attached hydrogen (secondary N) is 1. The lowest BCUT2D eigenvalue weighted by Gasteiger charge is -2.17. The molecule has 182 valence electrons. The number of alkyl halides is 3. The van der Waals surface area contributed by atoms with Crippen LogP contribution in [0.1, 0.15) is 25.0 Å². The summed E-state index contributed by atoms with van der Waals surface area (Å²) in [6.45, 7) is 2.48. The topological polar surface area (TPSA) is 101 Å². The fraction of sp³-hybridized carbons (Fsp3) is 0.227. The van der Waals surface area contributed by atoms with Gasteiger partial charge in [0.1, 0.15) is 22.8 Å². The number of benzene rings is 1. The van der Waals surface area contributed by atoms with Crippen LogP contribution in [0.3, 0.4) is 0 Å². The van der Waals surface area contributed by atoms with Gasteiger partial charge in [-0.1, -0.05) is 6.92 Å². The molecule has 0 saturated carbocycles. The van der Waals surface area contributed by atoms with Gasteiger partial charge in [0.25, 0.3) is 0 Å². The zero-order valence-corrected chi connectivity index (χ0v) is 19.9. The quantitative estimate of drug-likeness (QED) is 0.361. The number of pyridine rings is 1. The van der Waals surface area contributed by atoms with E-state index >= 15 is 0 Å². The van der Waals surface area contributed by atoms with Gasteiger partial charge in [-0.15, -0.1) is 11.3 Å². The van der Waals surface area contributed by atoms with Gasteiger partial charge in [-0.2, -0.15) is 23.2 Å². The maximum Gasteiger partial charge on any atom is 0.404 e. The van der Waals surface area contributed by atoms with Crippen LogP contribution in [0.25, 0.3) is 27.4 Å². The molecule has 0 radical (unpaired) electrons. The molecule has 0 saturated heterocycles. The highest BCUT2D eigenvalue weighted by Gasteiger charge is 2.39. The number of sulfonamides is 1. The summed E-state index contributed by atoms with van der Waals surface area (Å²) in [5.41, 5.74) is 1.47. The molecule has 35 heavy (non-hydrogen) atoms. The average molecular weight is 524 g/mol. The van der Waals surface area contributed by atoms with Crippen LogP contribution < -0.4 is 4.72 Å². The van der Waals surface area contributed by atoms with Crippen LogP contribution in [-0.2, 0) is 16.4 Å². The van der Waals surface area contributed by atoms with Crippen LogP contribution >= 0.6 is 11.3 Å². The molecule has 1 aromatic carbocycles. The predicted octanol–water partition coefficient (Wildman–Crippen LogP) is 4.95. The lowest BCUT2D eigenvalue weighted by atomic mass is 10.1. The first-order valence-corrected chi connectivity index (χ1v) is 12.6. The van der Waals surface area contributed by atoms with Crippen LogP contribution in [0, 0.1) is 17.1 Å². The van der Waals surface area contributed by atoms with Crippen molar-refractivity contribution >= 4 is 32.3 Å². The van der Waals surface area contributed by atoms with Crippen LogP contribution in [0.2, 0.25) is 0 Å². The van der Waals surface area contributed by atoms with Crippen molar-refractivity contribution in [3.05, 3.63) is 59.0 Å². The van der Waals surface area contributed by atoms with Crippen LogP contribution in [-0.4, -0.2) is 35.2 Å².